The van der Waals surface area contributed by atoms with E-state index in [0.29, 0.717) is 17.6 Å². The van der Waals surface area contributed by atoms with Gasteiger partial charge in [-0.15, -0.1) is 0 Å². The number of hydrogen-bond donors (Lipinski definition) is 0. The summed E-state index contributed by atoms with van der Waals surface area (Å²) in [5.41, 5.74) is 3.06. The quantitative estimate of drug-likeness (QED) is 0.610. The second-order valence-corrected chi connectivity index (χ2v) is 5.81. The Morgan fingerprint density at radius 3 is 2.62 bits per heavy atom. The Hall–Kier alpha value is -0.850. The van der Waals surface area contributed by atoms with Crippen LogP contribution < -0.4 is 0 Å². The monoisotopic (exact) mass is 218 g/mol. The number of carbonyl (C=O) groups excluding carboxylic acids is 1. The summed E-state index contributed by atoms with van der Waals surface area (Å²) in [6.07, 6.45) is 7.48. The van der Waals surface area contributed by atoms with Crippen LogP contribution in [-0.4, -0.2) is 5.78 Å². The van der Waals surface area contributed by atoms with Gasteiger partial charge in [0.2, 0.25) is 0 Å². The predicted octanol–water partition coefficient (Wildman–Crippen LogP) is 3.90. The molecule has 2 unspecified atom stereocenters. The average molecular weight is 218 g/mol. The van der Waals surface area contributed by atoms with Crippen molar-refractivity contribution in [2.24, 2.45) is 17.3 Å². The van der Waals surface area contributed by atoms with Gasteiger partial charge in [0.15, 0.2) is 5.78 Å². The van der Waals surface area contributed by atoms with Crippen molar-refractivity contribution >= 4 is 5.78 Å². The van der Waals surface area contributed by atoms with Crippen molar-refractivity contribution in [3.63, 3.8) is 0 Å². The highest BCUT2D eigenvalue weighted by molar-refractivity contribution is 5.92. The van der Waals surface area contributed by atoms with E-state index >= 15 is 0 Å². The highest BCUT2D eigenvalue weighted by atomic mass is 16.1. The van der Waals surface area contributed by atoms with E-state index in [1.54, 1.807) is 5.57 Å². The Kier molecular flexibility index (Phi) is 2.81. The van der Waals surface area contributed by atoms with Gasteiger partial charge in [0, 0.05) is 11.8 Å². The zero-order chi connectivity index (χ0) is 11.9. The van der Waals surface area contributed by atoms with Crippen molar-refractivity contribution in [2.45, 2.75) is 47.0 Å². The van der Waals surface area contributed by atoms with E-state index in [1.165, 1.54) is 18.4 Å². The maximum absolute atomic E-state index is 11.5. The number of ketones is 1. The first-order chi connectivity index (χ1) is 7.45. The number of carbonyl (C=O) groups is 1. The topological polar surface area (TPSA) is 17.1 Å². The molecular weight excluding hydrogens is 196 g/mol. The van der Waals surface area contributed by atoms with Crippen molar-refractivity contribution in [3.8, 4) is 0 Å². The van der Waals surface area contributed by atoms with Gasteiger partial charge >= 0.3 is 0 Å². The molecule has 0 saturated heterocycles. The SMILES string of the molecule is CC1=CC(=O)CC(C)C12C=C(C(C)C)CC2. The van der Waals surface area contributed by atoms with Gasteiger partial charge in [-0.1, -0.05) is 38.0 Å². The van der Waals surface area contributed by atoms with Gasteiger partial charge in [0.25, 0.3) is 0 Å². The molecule has 1 spiro atoms. The predicted molar refractivity (Wildman–Crippen MR) is 67.1 cm³/mol. The summed E-state index contributed by atoms with van der Waals surface area (Å²) in [6.45, 7) is 8.90. The van der Waals surface area contributed by atoms with Crippen LogP contribution in [0, 0.1) is 17.3 Å². The van der Waals surface area contributed by atoms with Crippen LogP contribution in [-0.2, 0) is 4.79 Å². The third-order valence-corrected chi connectivity index (χ3v) is 4.51. The molecule has 0 aromatic carbocycles. The Balaban J connectivity index is 2.39. The van der Waals surface area contributed by atoms with Crippen LogP contribution in [0.5, 0.6) is 0 Å². The summed E-state index contributed by atoms with van der Waals surface area (Å²) in [5.74, 6) is 1.43. The smallest absolute Gasteiger partial charge is 0.155 e. The maximum atomic E-state index is 11.5. The van der Waals surface area contributed by atoms with E-state index < -0.39 is 0 Å². The molecular formula is C15H22O. The van der Waals surface area contributed by atoms with E-state index in [9.17, 15) is 4.79 Å². The lowest BCUT2D eigenvalue weighted by atomic mass is 9.66. The van der Waals surface area contributed by atoms with Gasteiger partial charge < -0.3 is 0 Å². The van der Waals surface area contributed by atoms with Crippen LogP contribution in [0.3, 0.4) is 0 Å². The molecule has 0 aromatic heterocycles. The molecule has 0 fully saturated rings. The molecule has 0 saturated carbocycles. The number of hydrogen-bond acceptors (Lipinski definition) is 1. The number of rotatable bonds is 1. The highest BCUT2D eigenvalue weighted by Crippen LogP contribution is 2.52. The highest BCUT2D eigenvalue weighted by Gasteiger charge is 2.42. The lowest BCUT2D eigenvalue weighted by molar-refractivity contribution is -0.116. The second kappa shape index (κ2) is 3.87. The molecule has 2 rings (SSSR count). The summed E-state index contributed by atoms with van der Waals surface area (Å²) >= 11 is 0. The summed E-state index contributed by atoms with van der Waals surface area (Å²) in [7, 11) is 0. The molecule has 2 aliphatic carbocycles. The average Bonchev–Trinajstić information content (AvgIpc) is 2.60. The molecule has 88 valence electrons. The van der Waals surface area contributed by atoms with Gasteiger partial charge in [-0.2, -0.15) is 0 Å². The minimum Gasteiger partial charge on any atom is -0.295 e. The van der Waals surface area contributed by atoms with E-state index in [4.69, 9.17) is 0 Å². The Labute approximate surface area is 98.6 Å². The Morgan fingerprint density at radius 2 is 2.12 bits per heavy atom. The third kappa shape index (κ3) is 1.66. The van der Waals surface area contributed by atoms with Crippen LogP contribution in [0.25, 0.3) is 0 Å². The standard InChI is InChI=1S/C15H22O/c1-10(2)13-5-6-15(9-13)11(3)7-14(16)8-12(15)4/h7,9-10,12H,5-6,8H2,1-4H3. The molecule has 1 nitrogen and oxygen atoms in total. The lowest BCUT2D eigenvalue weighted by Gasteiger charge is -2.38. The molecule has 0 aromatic rings. The Bertz CT molecular complexity index is 373. The van der Waals surface area contributed by atoms with Crippen molar-refractivity contribution < 1.29 is 4.79 Å². The van der Waals surface area contributed by atoms with Crippen molar-refractivity contribution in [1.82, 2.24) is 0 Å². The van der Waals surface area contributed by atoms with Crippen LogP contribution >= 0.6 is 0 Å². The molecule has 16 heavy (non-hydrogen) atoms. The summed E-state index contributed by atoms with van der Waals surface area (Å²) < 4.78 is 0. The van der Waals surface area contributed by atoms with Gasteiger partial charge in [-0.25, -0.2) is 0 Å². The van der Waals surface area contributed by atoms with Crippen molar-refractivity contribution in [1.29, 1.82) is 0 Å². The lowest BCUT2D eigenvalue weighted by Crippen LogP contribution is -2.31. The third-order valence-electron chi connectivity index (χ3n) is 4.51. The zero-order valence-electron chi connectivity index (χ0n) is 10.8. The van der Waals surface area contributed by atoms with E-state index in [0.717, 1.165) is 6.42 Å². The first kappa shape index (κ1) is 11.6. The van der Waals surface area contributed by atoms with Crippen LogP contribution in [0.2, 0.25) is 0 Å². The van der Waals surface area contributed by atoms with Gasteiger partial charge in [0.1, 0.15) is 0 Å². The van der Waals surface area contributed by atoms with Crippen LogP contribution in [0.15, 0.2) is 23.3 Å². The van der Waals surface area contributed by atoms with E-state index in [-0.39, 0.29) is 5.41 Å². The molecule has 0 bridgehead atoms. The summed E-state index contributed by atoms with van der Waals surface area (Å²) in [4.78, 5) is 11.5. The molecule has 0 N–H and O–H groups in total. The molecule has 0 heterocycles. The van der Waals surface area contributed by atoms with Gasteiger partial charge in [0.05, 0.1) is 0 Å². The minimum atomic E-state index is 0.202. The summed E-state index contributed by atoms with van der Waals surface area (Å²) in [5, 5.41) is 0. The molecule has 0 aliphatic heterocycles. The molecule has 2 aliphatic rings. The zero-order valence-corrected chi connectivity index (χ0v) is 10.8. The first-order valence-corrected chi connectivity index (χ1v) is 6.39. The van der Waals surface area contributed by atoms with E-state index in [1.807, 2.05) is 6.08 Å². The Morgan fingerprint density at radius 1 is 1.44 bits per heavy atom. The molecule has 2 atom stereocenters. The van der Waals surface area contributed by atoms with Crippen molar-refractivity contribution in [3.05, 3.63) is 23.3 Å². The second-order valence-electron chi connectivity index (χ2n) is 5.81. The summed E-state index contributed by atoms with van der Waals surface area (Å²) in [6, 6.07) is 0. The molecule has 1 heteroatoms. The van der Waals surface area contributed by atoms with Crippen LogP contribution in [0.4, 0.5) is 0 Å². The normalized spacial score (nSPS) is 34.6. The molecule has 0 radical (unpaired) electrons. The van der Waals surface area contributed by atoms with E-state index in [2.05, 4.69) is 33.8 Å². The fourth-order valence-electron chi connectivity index (χ4n) is 3.29. The van der Waals surface area contributed by atoms with Gasteiger partial charge in [-0.3, -0.25) is 4.79 Å². The van der Waals surface area contributed by atoms with Gasteiger partial charge in [-0.05, 0) is 37.7 Å². The maximum Gasteiger partial charge on any atom is 0.155 e. The first-order valence-electron chi connectivity index (χ1n) is 6.39. The molecule has 0 amide bonds. The van der Waals surface area contributed by atoms with Crippen molar-refractivity contribution in [2.75, 3.05) is 0 Å². The number of allylic oxidation sites excluding steroid dienone is 4. The fraction of sp³-hybridized carbons (Fsp3) is 0.667. The minimum absolute atomic E-state index is 0.202. The fourth-order valence-corrected chi connectivity index (χ4v) is 3.29. The van der Waals surface area contributed by atoms with Crippen LogP contribution in [0.1, 0.15) is 47.0 Å². The largest absolute Gasteiger partial charge is 0.295 e.